The second-order valence-electron chi connectivity index (χ2n) is 7.05. The van der Waals surface area contributed by atoms with Crippen LogP contribution in [0, 0.1) is 5.92 Å². The number of hydrogen-bond donors (Lipinski definition) is 1. The lowest BCUT2D eigenvalue weighted by atomic mass is 9.76. The number of hydrogen-bond acceptors (Lipinski definition) is 5. The molecule has 3 unspecified atom stereocenters. The van der Waals surface area contributed by atoms with Crippen LogP contribution in [0.3, 0.4) is 0 Å². The molecule has 0 saturated carbocycles. The Morgan fingerprint density at radius 2 is 1.62 bits per heavy atom. The number of benzene rings is 1. The van der Waals surface area contributed by atoms with Crippen LogP contribution < -0.4 is 0 Å². The van der Waals surface area contributed by atoms with Gasteiger partial charge >= 0.3 is 0 Å². The summed E-state index contributed by atoms with van der Waals surface area (Å²) < 4.78 is 24.2. The highest BCUT2D eigenvalue weighted by molar-refractivity contribution is 5.44. The maximum atomic E-state index is 8.96. The second kappa shape index (κ2) is 9.29. The Morgan fingerprint density at radius 1 is 0.962 bits per heavy atom. The van der Waals surface area contributed by atoms with Crippen molar-refractivity contribution in [1.29, 1.82) is 0 Å². The Hall–Kier alpha value is -0.980. The van der Waals surface area contributed by atoms with Gasteiger partial charge in [-0.3, -0.25) is 0 Å². The second-order valence-corrected chi connectivity index (χ2v) is 7.05. The molecule has 26 heavy (non-hydrogen) atoms. The van der Waals surface area contributed by atoms with Crippen LogP contribution in [-0.4, -0.2) is 45.8 Å². The molecule has 0 radical (unpaired) electrons. The van der Waals surface area contributed by atoms with Crippen molar-refractivity contribution in [3.05, 3.63) is 35.4 Å². The summed E-state index contributed by atoms with van der Waals surface area (Å²) in [4.78, 5) is 0. The molecule has 0 saturated heterocycles. The summed E-state index contributed by atoms with van der Waals surface area (Å²) in [6.45, 7) is 2.44. The SMILES string of the molecule is COC1c2ccccc2C(OC)(OC)C1(OC)C(C)CCCCCCO. The average molecular weight is 366 g/mol. The lowest BCUT2D eigenvalue weighted by Crippen LogP contribution is -2.59. The first-order chi connectivity index (χ1) is 12.6. The molecule has 1 aromatic rings. The lowest BCUT2D eigenvalue weighted by molar-refractivity contribution is -0.347. The van der Waals surface area contributed by atoms with Gasteiger partial charge in [0.25, 0.3) is 0 Å². The Balaban J connectivity index is 2.39. The number of aliphatic hydroxyl groups is 1. The van der Waals surface area contributed by atoms with Gasteiger partial charge in [0.05, 0.1) is 0 Å². The Morgan fingerprint density at radius 3 is 2.19 bits per heavy atom. The smallest absolute Gasteiger partial charge is 0.228 e. The zero-order chi connectivity index (χ0) is 19.2. The molecule has 0 spiro atoms. The molecule has 0 aliphatic heterocycles. The van der Waals surface area contributed by atoms with Gasteiger partial charge in [0, 0.05) is 40.6 Å². The average Bonchev–Trinajstić information content (AvgIpc) is 2.93. The summed E-state index contributed by atoms with van der Waals surface area (Å²) in [6, 6.07) is 8.09. The molecular formula is C21H34O5. The number of unbranched alkanes of at least 4 members (excludes halogenated alkanes) is 3. The summed E-state index contributed by atoms with van der Waals surface area (Å²) in [5.41, 5.74) is 1.23. The third kappa shape index (κ3) is 3.20. The van der Waals surface area contributed by atoms with Crippen molar-refractivity contribution in [2.24, 2.45) is 5.92 Å². The van der Waals surface area contributed by atoms with Crippen molar-refractivity contribution in [1.82, 2.24) is 0 Å². The topological polar surface area (TPSA) is 57.2 Å². The number of fused-ring (bicyclic) bond motifs is 1. The molecule has 0 heterocycles. The van der Waals surface area contributed by atoms with Gasteiger partial charge in [0.2, 0.25) is 5.79 Å². The molecule has 1 aliphatic carbocycles. The molecule has 5 heteroatoms. The molecule has 148 valence electrons. The van der Waals surface area contributed by atoms with Crippen LogP contribution in [0.5, 0.6) is 0 Å². The van der Waals surface area contributed by atoms with Crippen LogP contribution in [0.25, 0.3) is 0 Å². The molecular weight excluding hydrogens is 332 g/mol. The number of aliphatic hydroxyl groups excluding tert-OH is 1. The molecule has 0 fully saturated rings. The third-order valence-electron chi connectivity index (χ3n) is 5.93. The number of rotatable bonds is 11. The van der Waals surface area contributed by atoms with E-state index in [0.29, 0.717) is 0 Å². The van der Waals surface area contributed by atoms with Crippen molar-refractivity contribution in [2.45, 2.75) is 56.5 Å². The molecule has 1 N–H and O–H groups in total. The van der Waals surface area contributed by atoms with Crippen LogP contribution in [-0.2, 0) is 24.7 Å². The van der Waals surface area contributed by atoms with Gasteiger partial charge in [-0.2, -0.15) is 0 Å². The predicted octanol–water partition coefficient (Wildman–Crippen LogP) is 3.80. The van der Waals surface area contributed by atoms with Crippen LogP contribution in [0.4, 0.5) is 0 Å². The van der Waals surface area contributed by atoms with Gasteiger partial charge in [-0.05, 0) is 24.3 Å². The molecule has 0 amide bonds. The van der Waals surface area contributed by atoms with Crippen LogP contribution >= 0.6 is 0 Å². The van der Waals surface area contributed by atoms with E-state index in [2.05, 4.69) is 13.0 Å². The minimum Gasteiger partial charge on any atom is -0.396 e. The number of ether oxygens (including phenoxy) is 4. The molecule has 3 atom stereocenters. The largest absolute Gasteiger partial charge is 0.396 e. The molecule has 0 bridgehead atoms. The summed E-state index contributed by atoms with van der Waals surface area (Å²) in [5, 5.41) is 8.96. The lowest BCUT2D eigenvalue weighted by Gasteiger charge is -2.48. The van der Waals surface area contributed by atoms with Crippen molar-refractivity contribution < 1.29 is 24.1 Å². The van der Waals surface area contributed by atoms with Crippen molar-refractivity contribution >= 4 is 0 Å². The van der Waals surface area contributed by atoms with Gasteiger partial charge < -0.3 is 24.1 Å². The van der Waals surface area contributed by atoms with E-state index < -0.39 is 11.4 Å². The summed E-state index contributed by atoms with van der Waals surface area (Å²) in [5.74, 6) is -0.886. The van der Waals surface area contributed by atoms with E-state index in [4.69, 9.17) is 24.1 Å². The van der Waals surface area contributed by atoms with Crippen LogP contribution in [0.15, 0.2) is 24.3 Å². The van der Waals surface area contributed by atoms with Crippen molar-refractivity contribution in [3.8, 4) is 0 Å². The quantitative estimate of drug-likeness (QED) is 0.477. The zero-order valence-electron chi connectivity index (χ0n) is 16.8. The normalized spacial score (nSPS) is 25.2. The highest BCUT2D eigenvalue weighted by atomic mass is 16.7. The standard InChI is InChI=1S/C21H34O5/c1-16(12-8-6-7-11-15-22)20(24-3)19(23-2)17-13-9-10-14-18(17)21(20,25-4)26-5/h9-10,13-14,16,19,22H,6-8,11-12,15H2,1-5H3. The first-order valence-electron chi connectivity index (χ1n) is 9.48. The van der Waals surface area contributed by atoms with Gasteiger partial charge in [0.15, 0.2) is 5.60 Å². The highest BCUT2D eigenvalue weighted by Gasteiger charge is 2.68. The molecule has 1 aliphatic rings. The van der Waals surface area contributed by atoms with E-state index in [9.17, 15) is 0 Å². The van der Waals surface area contributed by atoms with E-state index in [0.717, 1.165) is 43.2 Å². The van der Waals surface area contributed by atoms with E-state index in [1.807, 2.05) is 18.2 Å². The van der Waals surface area contributed by atoms with Gasteiger partial charge in [-0.25, -0.2) is 0 Å². The first kappa shape index (κ1) is 21.3. The fraction of sp³-hybridized carbons (Fsp3) is 0.714. The highest BCUT2D eigenvalue weighted by Crippen LogP contribution is 2.60. The van der Waals surface area contributed by atoms with E-state index in [-0.39, 0.29) is 18.6 Å². The van der Waals surface area contributed by atoms with E-state index in [1.165, 1.54) is 0 Å². The van der Waals surface area contributed by atoms with E-state index >= 15 is 0 Å². The van der Waals surface area contributed by atoms with Crippen molar-refractivity contribution in [3.63, 3.8) is 0 Å². The molecule has 1 aromatic carbocycles. The monoisotopic (exact) mass is 366 g/mol. The fourth-order valence-corrected chi connectivity index (χ4v) is 4.72. The van der Waals surface area contributed by atoms with Gasteiger partial charge in [-0.1, -0.05) is 50.5 Å². The predicted molar refractivity (Wildman–Crippen MR) is 101 cm³/mol. The summed E-state index contributed by atoms with van der Waals surface area (Å²) in [6.07, 6.45) is 4.72. The molecule has 5 nitrogen and oxygen atoms in total. The van der Waals surface area contributed by atoms with Gasteiger partial charge in [-0.15, -0.1) is 0 Å². The minimum absolute atomic E-state index is 0.138. The van der Waals surface area contributed by atoms with E-state index in [1.54, 1.807) is 28.4 Å². The third-order valence-corrected chi connectivity index (χ3v) is 5.93. The Kier molecular flexibility index (Phi) is 7.62. The molecule has 0 aromatic heterocycles. The molecule has 2 rings (SSSR count). The van der Waals surface area contributed by atoms with Gasteiger partial charge in [0.1, 0.15) is 6.10 Å². The fourth-order valence-electron chi connectivity index (χ4n) is 4.72. The maximum absolute atomic E-state index is 8.96. The summed E-state index contributed by atoms with van der Waals surface area (Å²) >= 11 is 0. The Bertz CT molecular complexity index is 557. The van der Waals surface area contributed by atoms with Crippen LogP contribution in [0.1, 0.15) is 56.3 Å². The minimum atomic E-state index is -1.02. The van der Waals surface area contributed by atoms with Crippen LogP contribution in [0.2, 0.25) is 0 Å². The Labute approximate surface area is 157 Å². The maximum Gasteiger partial charge on any atom is 0.228 e. The summed E-state index contributed by atoms with van der Waals surface area (Å²) in [7, 11) is 6.76. The first-order valence-corrected chi connectivity index (χ1v) is 9.48. The zero-order valence-corrected chi connectivity index (χ0v) is 16.8. The van der Waals surface area contributed by atoms with Crippen molar-refractivity contribution in [2.75, 3.05) is 35.0 Å². The number of methoxy groups -OCH3 is 4.